The van der Waals surface area contributed by atoms with Crippen LogP contribution in [0, 0.1) is 9.81 Å². The van der Waals surface area contributed by atoms with Crippen molar-refractivity contribution in [3.8, 4) is 0 Å². The zero-order valence-electron chi connectivity index (χ0n) is 8.53. The third-order valence-electron chi connectivity index (χ3n) is 2.08. The Balaban J connectivity index is 2.17. The number of hydrogen-bond acceptors (Lipinski definition) is 3. The molecule has 0 fully saturated rings. The highest BCUT2D eigenvalue weighted by atomic mass is 127. The number of carbonyl (C=O) groups excluding carboxylic acids is 1. The SMILES string of the molecule is Cc1ncccc1NC(=O)c1csc(I)c1. The number of rotatable bonds is 2. The lowest BCUT2D eigenvalue weighted by Crippen LogP contribution is -2.12. The molecule has 1 N–H and O–H groups in total. The minimum Gasteiger partial charge on any atom is -0.320 e. The average Bonchev–Trinajstić information content (AvgIpc) is 2.68. The van der Waals surface area contributed by atoms with Crippen LogP contribution in [0.1, 0.15) is 16.1 Å². The molecule has 0 aromatic carbocycles. The molecule has 16 heavy (non-hydrogen) atoms. The van der Waals surface area contributed by atoms with E-state index in [9.17, 15) is 4.79 Å². The number of nitrogens with zero attached hydrogens (tertiary/aromatic N) is 1. The highest BCUT2D eigenvalue weighted by Crippen LogP contribution is 2.18. The Kier molecular flexibility index (Phi) is 3.55. The molecule has 0 aliphatic heterocycles. The van der Waals surface area contributed by atoms with Crippen LogP contribution in [-0.2, 0) is 0 Å². The number of anilines is 1. The van der Waals surface area contributed by atoms with Crippen LogP contribution in [0.15, 0.2) is 29.8 Å². The predicted molar refractivity (Wildman–Crippen MR) is 74.0 cm³/mol. The van der Waals surface area contributed by atoms with Crippen molar-refractivity contribution in [2.24, 2.45) is 0 Å². The monoisotopic (exact) mass is 344 g/mol. The summed E-state index contributed by atoms with van der Waals surface area (Å²) in [6.45, 7) is 1.87. The second-order valence-electron chi connectivity index (χ2n) is 3.23. The maximum Gasteiger partial charge on any atom is 0.256 e. The Morgan fingerprint density at radius 2 is 2.38 bits per heavy atom. The minimum absolute atomic E-state index is 0.0877. The summed E-state index contributed by atoms with van der Waals surface area (Å²) in [6.07, 6.45) is 1.71. The number of pyridine rings is 1. The second kappa shape index (κ2) is 4.92. The third kappa shape index (κ3) is 2.59. The fourth-order valence-electron chi connectivity index (χ4n) is 1.24. The fraction of sp³-hybridized carbons (Fsp3) is 0.0909. The molecule has 0 aliphatic carbocycles. The molecule has 2 aromatic heterocycles. The Hall–Kier alpha value is -0.950. The van der Waals surface area contributed by atoms with Gasteiger partial charge >= 0.3 is 0 Å². The van der Waals surface area contributed by atoms with Crippen molar-refractivity contribution in [1.29, 1.82) is 0 Å². The van der Waals surface area contributed by atoms with Gasteiger partial charge in [-0.3, -0.25) is 9.78 Å². The van der Waals surface area contributed by atoms with E-state index in [0.717, 1.165) is 14.3 Å². The van der Waals surface area contributed by atoms with Crippen LogP contribution in [0.25, 0.3) is 0 Å². The molecule has 2 rings (SSSR count). The molecule has 2 heterocycles. The Morgan fingerprint density at radius 3 is 3.00 bits per heavy atom. The molecule has 0 atom stereocenters. The predicted octanol–water partition coefficient (Wildman–Crippen LogP) is 3.31. The number of hydrogen-bond donors (Lipinski definition) is 1. The van der Waals surface area contributed by atoms with E-state index >= 15 is 0 Å². The molecule has 1 amide bonds. The van der Waals surface area contributed by atoms with Gasteiger partial charge in [0.15, 0.2) is 0 Å². The number of thiophene rings is 1. The summed E-state index contributed by atoms with van der Waals surface area (Å²) in [6, 6.07) is 5.52. The number of halogens is 1. The number of carbonyl (C=O) groups is 1. The van der Waals surface area contributed by atoms with Crippen LogP contribution < -0.4 is 5.32 Å². The highest BCUT2D eigenvalue weighted by Gasteiger charge is 2.09. The smallest absolute Gasteiger partial charge is 0.256 e. The number of amides is 1. The maximum absolute atomic E-state index is 11.8. The molecule has 0 radical (unpaired) electrons. The zero-order chi connectivity index (χ0) is 11.5. The van der Waals surface area contributed by atoms with E-state index in [1.807, 2.05) is 24.4 Å². The lowest BCUT2D eigenvalue weighted by atomic mass is 10.2. The second-order valence-corrected chi connectivity index (χ2v) is 6.04. The van der Waals surface area contributed by atoms with Gasteiger partial charge < -0.3 is 5.32 Å². The number of aryl methyl sites for hydroxylation is 1. The van der Waals surface area contributed by atoms with E-state index in [-0.39, 0.29) is 5.91 Å². The van der Waals surface area contributed by atoms with Crippen molar-refractivity contribution in [3.63, 3.8) is 0 Å². The molecule has 0 unspecified atom stereocenters. The molecule has 3 nitrogen and oxygen atoms in total. The molecule has 0 bridgehead atoms. The summed E-state index contributed by atoms with van der Waals surface area (Å²) in [7, 11) is 0. The van der Waals surface area contributed by atoms with Crippen molar-refractivity contribution in [1.82, 2.24) is 4.98 Å². The molecule has 5 heteroatoms. The first-order chi connectivity index (χ1) is 7.66. The maximum atomic E-state index is 11.8. The van der Waals surface area contributed by atoms with E-state index in [1.54, 1.807) is 23.6 Å². The van der Waals surface area contributed by atoms with Gasteiger partial charge in [-0.15, -0.1) is 11.3 Å². The molecular formula is C11H9IN2OS. The summed E-state index contributed by atoms with van der Waals surface area (Å²) >= 11 is 3.76. The van der Waals surface area contributed by atoms with Gasteiger partial charge in [-0.1, -0.05) is 0 Å². The summed E-state index contributed by atoms with van der Waals surface area (Å²) < 4.78 is 1.10. The first-order valence-electron chi connectivity index (χ1n) is 4.64. The van der Waals surface area contributed by atoms with Crippen LogP contribution in [0.5, 0.6) is 0 Å². The topological polar surface area (TPSA) is 42.0 Å². The molecular weight excluding hydrogens is 335 g/mol. The summed E-state index contributed by atoms with van der Waals surface area (Å²) in [5, 5.41) is 4.69. The Labute approximate surface area is 111 Å². The van der Waals surface area contributed by atoms with Crippen molar-refractivity contribution < 1.29 is 4.79 Å². The van der Waals surface area contributed by atoms with Crippen LogP contribution in [0.2, 0.25) is 0 Å². The largest absolute Gasteiger partial charge is 0.320 e. The zero-order valence-corrected chi connectivity index (χ0v) is 11.5. The lowest BCUT2D eigenvalue weighted by Gasteiger charge is -2.05. The van der Waals surface area contributed by atoms with Crippen LogP contribution in [0.4, 0.5) is 5.69 Å². The summed E-state index contributed by atoms with van der Waals surface area (Å²) in [5.74, 6) is -0.0877. The van der Waals surface area contributed by atoms with E-state index in [0.29, 0.717) is 5.56 Å². The average molecular weight is 344 g/mol. The number of aromatic nitrogens is 1. The van der Waals surface area contributed by atoms with Crippen LogP contribution in [0.3, 0.4) is 0 Å². The third-order valence-corrected chi connectivity index (χ3v) is 3.87. The molecule has 82 valence electrons. The standard InChI is InChI=1S/C11H9IN2OS/c1-7-9(3-2-4-13-7)14-11(15)8-5-10(12)16-6-8/h2-6H,1H3,(H,14,15). The normalized spacial score (nSPS) is 10.1. The van der Waals surface area contributed by atoms with E-state index < -0.39 is 0 Å². The number of nitrogens with one attached hydrogen (secondary N) is 1. The van der Waals surface area contributed by atoms with E-state index in [4.69, 9.17) is 0 Å². The van der Waals surface area contributed by atoms with Gasteiger partial charge in [0.25, 0.3) is 5.91 Å². The van der Waals surface area contributed by atoms with Gasteiger partial charge in [0, 0.05) is 11.6 Å². The highest BCUT2D eigenvalue weighted by molar-refractivity contribution is 14.1. The first-order valence-corrected chi connectivity index (χ1v) is 6.59. The van der Waals surface area contributed by atoms with E-state index in [2.05, 4.69) is 32.9 Å². The molecule has 2 aromatic rings. The van der Waals surface area contributed by atoms with Gasteiger partial charge in [-0.25, -0.2) is 0 Å². The van der Waals surface area contributed by atoms with Crippen LogP contribution >= 0.6 is 33.9 Å². The van der Waals surface area contributed by atoms with E-state index in [1.165, 1.54) is 0 Å². The first kappa shape index (κ1) is 11.5. The Bertz CT molecular complexity index is 524. The quantitative estimate of drug-likeness (QED) is 0.850. The van der Waals surface area contributed by atoms with Gasteiger partial charge in [-0.2, -0.15) is 0 Å². The van der Waals surface area contributed by atoms with Gasteiger partial charge in [0.1, 0.15) is 0 Å². The molecule has 0 saturated heterocycles. The molecule has 0 saturated carbocycles. The van der Waals surface area contributed by atoms with Crippen molar-refractivity contribution >= 4 is 45.5 Å². The van der Waals surface area contributed by atoms with Gasteiger partial charge in [0.2, 0.25) is 0 Å². The summed E-state index contributed by atoms with van der Waals surface area (Å²) in [4.78, 5) is 16.0. The van der Waals surface area contributed by atoms with Crippen molar-refractivity contribution in [2.75, 3.05) is 5.32 Å². The van der Waals surface area contributed by atoms with Gasteiger partial charge in [-0.05, 0) is 47.7 Å². The Morgan fingerprint density at radius 1 is 1.56 bits per heavy atom. The fourth-order valence-corrected chi connectivity index (χ4v) is 2.57. The van der Waals surface area contributed by atoms with Gasteiger partial charge in [0.05, 0.1) is 19.8 Å². The molecule has 0 spiro atoms. The minimum atomic E-state index is -0.0877. The van der Waals surface area contributed by atoms with Crippen LogP contribution in [-0.4, -0.2) is 10.9 Å². The van der Waals surface area contributed by atoms with Crippen molar-refractivity contribution in [3.05, 3.63) is 43.9 Å². The summed E-state index contributed by atoms with van der Waals surface area (Å²) in [5.41, 5.74) is 2.27. The van der Waals surface area contributed by atoms with Crippen molar-refractivity contribution in [2.45, 2.75) is 6.92 Å². The lowest BCUT2D eigenvalue weighted by molar-refractivity contribution is 0.102. The molecule has 0 aliphatic rings.